The molecule has 0 aliphatic rings. The Kier molecular flexibility index (Phi) is 4.25. The first kappa shape index (κ1) is 14.8. The van der Waals surface area contributed by atoms with E-state index in [1.807, 2.05) is 48.5 Å². The van der Waals surface area contributed by atoms with Gasteiger partial charge in [0.05, 0.1) is 11.1 Å². The Labute approximate surface area is 134 Å². The number of aryl methyl sites for hydroxylation is 1. The third-order valence-corrected chi connectivity index (χ3v) is 3.92. The highest BCUT2D eigenvalue weighted by Gasteiger charge is 2.11. The molecule has 0 N–H and O–H groups in total. The van der Waals surface area contributed by atoms with Gasteiger partial charge in [0.1, 0.15) is 0 Å². The molecule has 0 saturated heterocycles. The molecule has 4 heteroatoms. The van der Waals surface area contributed by atoms with Crippen molar-refractivity contribution in [3.05, 3.63) is 63.9 Å². The van der Waals surface area contributed by atoms with E-state index in [0.717, 1.165) is 29.5 Å². The first-order chi connectivity index (χ1) is 10.7. The lowest BCUT2D eigenvalue weighted by atomic mass is 10.1. The summed E-state index contributed by atoms with van der Waals surface area (Å²) in [6, 6.07) is 15.2. The van der Waals surface area contributed by atoms with Crippen LogP contribution < -0.4 is 5.56 Å². The molecule has 0 aliphatic carbocycles. The average molecular weight is 313 g/mol. The molecule has 0 amide bonds. The van der Waals surface area contributed by atoms with Crippen molar-refractivity contribution in [3.8, 4) is 11.3 Å². The van der Waals surface area contributed by atoms with Gasteiger partial charge in [0.2, 0.25) is 0 Å². The summed E-state index contributed by atoms with van der Waals surface area (Å²) in [5.41, 5.74) is 1.69. The van der Waals surface area contributed by atoms with Crippen molar-refractivity contribution in [1.29, 1.82) is 0 Å². The van der Waals surface area contributed by atoms with E-state index < -0.39 is 0 Å². The Morgan fingerprint density at radius 2 is 1.86 bits per heavy atom. The number of unbranched alkanes of at least 4 members (excludes halogenated alkanes) is 1. The van der Waals surface area contributed by atoms with E-state index in [-0.39, 0.29) is 5.56 Å². The van der Waals surface area contributed by atoms with Crippen molar-refractivity contribution in [2.75, 3.05) is 0 Å². The molecule has 3 rings (SSSR count). The molecule has 1 aromatic heterocycles. The number of halogens is 1. The predicted octanol–water partition coefficient (Wildman–Crippen LogP) is 4.52. The third-order valence-electron chi connectivity index (χ3n) is 3.69. The van der Waals surface area contributed by atoms with E-state index >= 15 is 0 Å². The maximum atomic E-state index is 12.6. The summed E-state index contributed by atoms with van der Waals surface area (Å²) in [6.07, 6.45) is 1.95. The molecule has 0 fully saturated rings. The second kappa shape index (κ2) is 6.32. The van der Waals surface area contributed by atoms with Crippen LogP contribution in [0, 0.1) is 0 Å². The summed E-state index contributed by atoms with van der Waals surface area (Å²) in [4.78, 5) is 12.6. The quantitative estimate of drug-likeness (QED) is 0.710. The van der Waals surface area contributed by atoms with E-state index in [1.165, 1.54) is 0 Å². The molecule has 0 aliphatic heterocycles. The van der Waals surface area contributed by atoms with Gasteiger partial charge < -0.3 is 0 Å². The monoisotopic (exact) mass is 312 g/mol. The highest BCUT2D eigenvalue weighted by Crippen LogP contribution is 2.26. The standard InChI is InChI=1S/C18H17ClN2O/c1-2-3-11-21-18(22)16-10-5-4-9-15(16)17(20-21)13-7-6-8-14(19)12-13/h4-10,12H,2-3,11H2,1H3. The molecule has 0 bridgehead atoms. The fourth-order valence-corrected chi connectivity index (χ4v) is 2.73. The zero-order valence-corrected chi connectivity index (χ0v) is 13.2. The molecule has 0 atom stereocenters. The van der Waals surface area contributed by atoms with Crippen LogP contribution in [0.3, 0.4) is 0 Å². The number of rotatable bonds is 4. The molecule has 112 valence electrons. The van der Waals surface area contributed by atoms with Gasteiger partial charge in [0.25, 0.3) is 5.56 Å². The summed E-state index contributed by atoms with van der Waals surface area (Å²) < 4.78 is 1.57. The Morgan fingerprint density at radius 1 is 1.09 bits per heavy atom. The second-order valence-corrected chi connectivity index (χ2v) is 5.72. The molecule has 0 spiro atoms. The second-order valence-electron chi connectivity index (χ2n) is 5.29. The highest BCUT2D eigenvalue weighted by atomic mass is 35.5. The largest absolute Gasteiger partial charge is 0.274 e. The molecular formula is C18H17ClN2O. The first-order valence-corrected chi connectivity index (χ1v) is 7.84. The number of hydrogen-bond acceptors (Lipinski definition) is 2. The number of hydrogen-bond donors (Lipinski definition) is 0. The van der Waals surface area contributed by atoms with Crippen LogP contribution in [0.1, 0.15) is 19.8 Å². The molecule has 0 radical (unpaired) electrons. The Balaban J connectivity index is 2.28. The van der Waals surface area contributed by atoms with Gasteiger partial charge in [-0.05, 0) is 24.6 Å². The molecule has 3 aromatic rings. The Morgan fingerprint density at radius 3 is 2.59 bits per heavy atom. The topological polar surface area (TPSA) is 34.9 Å². The zero-order valence-electron chi connectivity index (χ0n) is 12.4. The molecule has 0 saturated carbocycles. The van der Waals surface area contributed by atoms with E-state index in [4.69, 9.17) is 11.6 Å². The lowest BCUT2D eigenvalue weighted by Crippen LogP contribution is -2.23. The van der Waals surface area contributed by atoms with Crippen LogP contribution in [-0.4, -0.2) is 9.78 Å². The fraction of sp³-hybridized carbons (Fsp3) is 0.222. The predicted molar refractivity (Wildman–Crippen MR) is 91.4 cm³/mol. The Bertz CT molecular complexity index is 870. The van der Waals surface area contributed by atoms with Gasteiger partial charge in [0, 0.05) is 22.5 Å². The summed E-state index contributed by atoms with van der Waals surface area (Å²) in [6.45, 7) is 2.73. The van der Waals surface area contributed by atoms with Crippen LogP contribution in [0.5, 0.6) is 0 Å². The van der Waals surface area contributed by atoms with Crippen molar-refractivity contribution in [2.45, 2.75) is 26.3 Å². The van der Waals surface area contributed by atoms with Crippen LogP contribution in [0.4, 0.5) is 0 Å². The summed E-state index contributed by atoms with van der Waals surface area (Å²) in [5, 5.41) is 6.82. The van der Waals surface area contributed by atoms with E-state index in [0.29, 0.717) is 17.0 Å². The molecule has 22 heavy (non-hydrogen) atoms. The van der Waals surface area contributed by atoms with E-state index in [9.17, 15) is 4.79 Å². The third kappa shape index (κ3) is 2.77. The normalized spacial score (nSPS) is 11.0. The molecule has 2 aromatic carbocycles. The number of nitrogens with zero attached hydrogens (tertiary/aromatic N) is 2. The van der Waals surface area contributed by atoms with Crippen LogP contribution in [0.2, 0.25) is 5.02 Å². The van der Waals surface area contributed by atoms with Crippen LogP contribution in [-0.2, 0) is 6.54 Å². The maximum Gasteiger partial charge on any atom is 0.274 e. The van der Waals surface area contributed by atoms with E-state index in [2.05, 4.69) is 12.0 Å². The minimum Gasteiger partial charge on any atom is -0.267 e. The molecule has 1 heterocycles. The minimum absolute atomic E-state index is 0.0326. The molecular weight excluding hydrogens is 296 g/mol. The number of benzene rings is 2. The molecule has 3 nitrogen and oxygen atoms in total. The summed E-state index contributed by atoms with van der Waals surface area (Å²) >= 11 is 6.10. The SMILES string of the molecule is CCCCn1nc(-c2cccc(Cl)c2)c2ccccc2c1=O. The maximum absolute atomic E-state index is 12.6. The number of aromatic nitrogens is 2. The van der Waals surface area contributed by atoms with E-state index in [1.54, 1.807) is 4.68 Å². The smallest absolute Gasteiger partial charge is 0.267 e. The van der Waals surface area contributed by atoms with Crippen molar-refractivity contribution in [3.63, 3.8) is 0 Å². The summed E-state index contributed by atoms with van der Waals surface area (Å²) in [7, 11) is 0. The first-order valence-electron chi connectivity index (χ1n) is 7.46. The lowest BCUT2D eigenvalue weighted by Gasteiger charge is -2.11. The van der Waals surface area contributed by atoms with Gasteiger partial charge in [-0.1, -0.05) is 55.3 Å². The van der Waals surface area contributed by atoms with Crippen LogP contribution in [0.15, 0.2) is 53.3 Å². The zero-order chi connectivity index (χ0) is 15.5. The fourth-order valence-electron chi connectivity index (χ4n) is 2.54. The minimum atomic E-state index is -0.0326. The van der Waals surface area contributed by atoms with Crippen molar-refractivity contribution in [1.82, 2.24) is 9.78 Å². The van der Waals surface area contributed by atoms with Crippen molar-refractivity contribution < 1.29 is 0 Å². The molecule has 0 unspecified atom stereocenters. The van der Waals surface area contributed by atoms with Gasteiger partial charge in [0.15, 0.2) is 0 Å². The lowest BCUT2D eigenvalue weighted by molar-refractivity contribution is 0.550. The van der Waals surface area contributed by atoms with Crippen molar-refractivity contribution in [2.24, 2.45) is 0 Å². The van der Waals surface area contributed by atoms with Crippen molar-refractivity contribution >= 4 is 22.4 Å². The van der Waals surface area contributed by atoms with Gasteiger partial charge in [-0.3, -0.25) is 4.79 Å². The highest BCUT2D eigenvalue weighted by molar-refractivity contribution is 6.30. The van der Waals surface area contributed by atoms with Gasteiger partial charge in [-0.25, -0.2) is 4.68 Å². The number of fused-ring (bicyclic) bond motifs is 1. The van der Waals surface area contributed by atoms with Gasteiger partial charge in [-0.15, -0.1) is 0 Å². The van der Waals surface area contributed by atoms with Crippen LogP contribution >= 0.6 is 11.6 Å². The van der Waals surface area contributed by atoms with Gasteiger partial charge >= 0.3 is 0 Å². The summed E-state index contributed by atoms with van der Waals surface area (Å²) in [5.74, 6) is 0. The average Bonchev–Trinajstić information content (AvgIpc) is 2.54. The van der Waals surface area contributed by atoms with Gasteiger partial charge in [-0.2, -0.15) is 5.10 Å². The van der Waals surface area contributed by atoms with Crippen LogP contribution in [0.25, 0.3) is 22.0 Å². The Hall–Kier alpha value is -2.13.